The molecule has 1 heterocycles. The van der Waals surface area contributed by atoms with Crippen molar-refractivity contribution in [2.75, 3.05) is 5.75 Å². The van der Waals surface area contributed by atoms with Crippen molar-refractivity contribution in [3.8, 4) is 0 Å². The highest BCUT2D eigenvalue weighted by molar-refractivity contribution is 7.99. The molecule has 0 spiro atoms. The number of ether oxygens (including phenoxy) is 1. The first-order valence-electron chi connectivity index (χ1n) is 14.0. The van der Waals surface area contributed by atoms with Crippen LogP contribution in [0.4, 0.5) is 0 Å². The van der Waals surface area contributed by atoms with Crippen LogP contribution in [-0.4, -0.2) is 16.7 Å². The van der Waals surface area contributed by atoms with Gasteiger partial charge in [0.05, 0.1) is 11.2 Å². The Labute approximate surface area is 247 Å². The van der Waals surface area contributed by atoms with Crippen LogP contribution >= 0.6 is 23.4 Å². The summed E-state index contributed by atoms with van der Waals surface area (Å²) >= 11 is 8.26. The van der Waals surface area contributed by atoms with Crippen LogP contribution in [0.5, 0.6) is 0 Å². The standard InChI is InChI=1S/C35H36ClNO2S/c1-24(38)39-35(2,3)32-10-5-4-8-27(32)16-20-34(40-23-26-11-12-26)29-9-6-7-25(21-29)13-18-31-19-15-28-14-17-30(36)22-33(28)37-31/h4-10,13-15,17-19,21-22,26,34H,11-12,16,20,23H2,1-3H3/t34-/m1/s1. The van der Waals surface area contributed by atoms with Crippen molar-refractivity contribution >= 4 is 52.4 Å². The molecule has 1 fully saturated rings. The van der Waals surface area contributed by atoms with Crippen molar-refractivity contribution in [2.24, 2.45) is 5.92 Å². The number of thioether (sulfide) groups is 1. The largest absolute Gasteiger partial charge is 0.455 e. The molecule has 0 bridgehead atoms. The highest BCUT2D eigenvalue weighted by Gasteiger charge is 2.27. The fourth-order valence-electron chi connectivity index (χ4n) is 5.15. The lowest BCUT2D eigenvalue weighted by molar-refractivity contribution is -0.154. The van der Waals surface area contributed by atoms with Crippen molar-refractivity contribution in [3.05, 3.63) is 112 Å². The normalized spacial score (nSPS) is 14.5. The second-order valence-electron chi connectivity index (χ2n) is 11.1. The topological polar surface area (TPSA) is 39.2 Å². The molecule has 1 aliphatic carbocycles. The number of fused-ring (bicyclic) bond motifs is 1. The Balaban J connectivity index is 1.34. The number of hydrogen-bond donors (Lipinski definition) is 0. The summed E-state index contributed by atoms with van der Waals surface area (Å²) in [5.41, 5.74) is 5.98. The summed E-state index contributed by atoms with van der Waals surface area (Å²) in [4.78, 5) is 16.5. The van der Waals surface area contributed by atoms with Crippen LogP contribution in [0.1, 0.15) is 73.2 Å². The Bertz CT molecular complexity index is 1530. The van der Waals surface area contributed by atoms with Gasteiger partial charge in [0, 0.05) is 22.6 Å². The minimum absolute atomic E-state index is 0.259. The van der Waals surface area contributed by atoms with Crippen LogP contribution in [0.25, 0.3) is 23.1 Å². The van der Waals surface area contributed by atoms with Crippen molar-refractivity contribution in [3.63, 3.8) is 0 Å². The van der Waals surface area contributed by atoms with Gasteiger partial charge in [0.1, 0.15) is 5.60 Å². The van der Waals surface area contributed by atoms with E-state index in [-0.39, 0.29) is 5.97 Å². The molecule has 5 rings (SSSR count). The van der Waals surface area contributed by atoms with E-state index < -0.39 is 5.60 Å². The molecule has 206 valence electrons. The average Bonchev–Trinajstić information content (AvgIpc) is 3.76. The van der Waals surface area contributed by atoms with E-state index in [2.05, 4.69) is 72.4 Å². The molecule has 3 nitrogen and oxygen atoms in total. The maximum atomic E-state index is 11.8. The van der Waals surface area contributed by atoms with E-state index in [0.717, 1.165) is 40.9 Å². The molecule has 0 aliphatic heterocycles. The predicted octanol–water partition coefficient (Wildman–Crippen LogP) is 9.67. The third-order valence-corrected chi connectivity index (χ3v) is 9.18. The van der Waals surface area contributed by atoms with E-state index in [4.69, 9.17) is 21.3 Å². The molecule has 5 heteroatoms. The summed E-state index contributed by atoms with van der Waals surface area (Å²) in [6, 6.07) is 27.2. The van der Waals surface area contributed by atoms with Crippen LogP contribution in [0, 0.1) is 5.92 Å². The van der Waals surface area contributed by atoms with Gasteiger partial charge in [-0.25, -0.2) is 4.98 Å². The Morgan fingerprint density at radius 2 is 1.85 bits per heavy atom. The quantitative estimate of drug-likeness (QED) is 0.168. The first kappa shape index (κ1) is 28.4. The number of halogens is 1. The Morgan fingerprint density at radius 3 is 2.65 bits per heavy atom. The first-order chi connectivity index (χ1) is 19.3. The fourth-order valence-corrected chi connectivity index (χ4v) is 6.78. The minimum Gasteiger partial charge on any atom is -0.455 e. The zero-order valence-electron chi connectivity index (χ0n) is 23.4. The highest BCUT2D eigenvalue weighted by atomic mass is 35.5. The van der Waals surface area contributed by atoms with Gasteiger partial charge < -0.3 is 4.74 Å². The summed E-state index contributed by atoms with van der Waals surface area (Å²) in [6.45, 7) is 5.42. The van der Waals surface area contributed by atoms with Crippen LogP contribution in [0.2, 0.25) is 5.02 Å². The van der Waals surface area contributed by atoms with E-state index in [9.17, 15) is 4.79 Å². The van der Waals surface area contributed by atoms with Crippen LogP contribution in [-0.2, 0) is 21.6 Å². The second-order valence-corrected chi connectivity index (χ2v) is 12.8. The molecule has 0 N–H and O–H groups in total. The lowest BCUT2D eigenvalue weighted by atomic mass is 9.90. The third-order valence-electron chi connectivity index (χ3n) is 7.38. The van der Waals surface area contributed by atoms with Crippen molar-refractivity contribution in [2.45, 2.75) is 57.3 Å². The lowest BCUT2D eigenvalue weighted by Crippen LogP contribution is -2.25. The van der Waals surface area contributed by atoms with E-state index >= 15 is 0 Å². The van der Waals surface area contributed by atoms with E-state index in [1.165, 1.54) is 42.2 Å². The molecule has 3 aromatic carbocycles. The number of carbonyl (C=O) groups is 1. The summed E-state index contributed by atoms with van der Waals surface area (Å²) in [6.07, 6.45) is 8.86. The van der Waals surface area contributed by atoms with Crippen molar-refractivity contribution in [1.29, 1.82) is 0 Å². The maximum Gasteiger partial charge on any atom is 0.303 e. The number of carbonyl (C=O) groups excluding carboxylic acids is 1. The predicted molar refractivity (Wildman–Crippen MR) is 170 cm³/mol. The molecule has 0 unspecified atom stereocenters. The van der Waals surface area contributed by atoms with Gasteiger partial charge in [0.25, 0.3) is 0 Å². The minimum atomic E-state index is -0.661. The average molecular weight is 570 g/mol. The Morgan fingerprint density at radius 1 is 1.05 bits per heavy atom. The highest BCUT2D eigenvalue weighted by Crippen LogP contribution is 2.41. The van der Waals surface area contributed by atoms with Gasteiger partial charge >= 0.3 is 5.97 Å². The number of nitrogens with zero attached hydrogens (tertiary/aromatic N) is 1. The molecule has 0 radical (unpaired) electrons. The van der Waals surface area contributed by atoms with E-state index in [1.807, 2.05) is 44.2 Å². The summed E-state index contributed by atoms with van der Waals surface area (Å²) < 4.78 is 5.69. The summed E-state index contributed by atoms with van der Waals surface area (Å²) in [7, 11) is 0. The first-order valence-corrected chi connectivity index (χ1v) is 15.4. The van der Waals surface area contributed by atoms with Crippen LogP contribution in [0.15, 0.2) is 78.9 Å². The van der Waals surface area contributed by atoms with Crippen molar-refractivity contribution < 1.29 is 9.53 Å². The molecule has 1 saturated carbocycles. The van der Waals surface area contributed by atoms with Gasteiger partial charge in [-0.2, -0.15) is 11.8 Å². The van der Waals surface area contributed by atoms with Gasteiger partial charge in [-0.15, -0.1) is 0 Å². The number of esters is 1. The van der Waals surface area contributed by atoms with Gasteiger partial charge in [-0.05, 0) is 97.7 Å². The maximum absolute atomic E-state index is 11.8. The van der Waals surface area contributed by atoms with Gasteiger partial charge in [-0.3, -0.25) is 4.79 Å². The van der Waals surface area contributed by atoms with E-state index in [0.29, 0.717) is 10.3 Å². The van der Waals surface area contributed by atoms with Crippen molar-refractivity contribution in [1.82, 2.24) is 4.98 Å². The number of benzene rings is 3. The number of aryl methyl sites for hydroxylation is 1. The Kier molecular flexibility index (Phi) is 8.97. The van der Waals surface area contributed by atoms with Crippen LogP contribution < -0.4 is 0 Å². The molecular weight excluding hydrogens is 534 g/mol. The molecule has 0 saturated heterocycles. The SMILES string of the molecule is CC(=O)OC(C)(C)c1ccccc1CC[C@@H](SCC1CC1)c1cccc(C=Cc2ccc3ccc(Cl)cc3n2)c1. The monoisotopic (exact) mass is 569 g/mol. The van der Waals surface area contributed by atoms with Crippen LogP contribution in [0.3, 0.4) is 0 Å². The number of pyridine rings is 1. The molecule has 1 aromatic heterocycles. The Hall–Kier alpha value is -3.08. The van der Waals surface area contributed by atoms with Gasteiger partial charge in [-0.1, -0.05) is 78.3 Å². The molecular formula is C35H36ClNO2S. The molecule has 1 aliphatic rings. The number of hydrogen-bond acceptors (Lipinski definition) is 4. The molecule has 40 heavy (non-hydrogen) atoms. The lowest BCUT2D eigenvalue weighted by Gasteiger charge is -2.28. The molecule has 4 aromatic rings. The zero-order valence-corrected chi connectivity index (χ0v) is 25.0. The number of aromatic nitrogens is 1. The van der Waals surface area contributed by atoms with E-state index in [1.54, 1.807) is 0 Å². The smallest absolute Gasteiger partial charge is 0.303 e. The van der Waals surface area contributed by atoms with Gasteiger partial charge in [0.15, 0.2) is 0 Å². The van der Waals surface area contributed by atoms with Gasteiger partial charge in [0.2, 0.25) is 0 Å². The second kappa shape index (κ2) is 12.6. The summed E-state index contributed by atoms with van der Waals surface area (Å²) in [5, 5.41) is 2.16. The molecule has 0 amide bonds. The number of rotatable bonds is 11. The zero-order chi connectivity index (χ0) is 28.1. The third kappa shape index (κ3) is 7.56. The summed E-state index contributed by atoms with van der Waals surface area (Å²) in [5.74, 6) is 1.80. The fraction of sp³-hybridized carbons (Fsp3) is 0.314. The molecule has 1 atom stereocenters.